The van der Waals surface area contributed by atoms with Gasteiger partial charge in [0.15, 0.2) is 5.58 Å². The monoisotopic (exact) mass is 393 g/mol. The maximum absolute atomic E-state index is 12.6. The molecule has 2 aromatic heterocycles. The Morgan fingerprint density at radius 2 is 1.66 bits per heavy atom. The van der Waals surface area contributed by atoms with E-state index < -0.39 is 0 Å². The van der Waals surface area contributed by atoms with Crippen molar-refractivity contribution in [2.24, 2.45) is 0 Å². The zero-order valence-electron chi connectivity index (χ0n) is 16.2. The number of nitrogens with zero attached hydrogens (tertiary/aromatic N) is 5. The fraction of sp³-hybridized carbons (Fsp3) is 0.381. The van der Waals surface area contributed by atoms with Gasteiger partial charge in [0.05, 0.1) is 18.8 Å². The molecule has 1 aromatic carbocycles. The molecule has 8 nitrogen and oxygen atoms in total. The summed E-state index contributed by atoms with van der Waals surface area (Å²) in [5.41, 5.74) is 2.32. The molecule has 0 spiro atoms. The summed E-state index contributed by atoms with van der Waals surface area (Å²) in [5.74, 6) is 0.911. The Morgan fingerprint density at radius 1 is 0.897 bits per heavy atom. The molecule has 5 rings (SSSR count). The average Bonchev–Trinajstić information content (AvgIpc) is 3.24. The Balaban J connectivity index is 1.22. The highest BCUT2D eigenvalue weighted by Gasteiger charge is 2.23. The fourth-order valence-electron chi connectivity index (χ4n) is 3.77. The molecule has 3 aromatic rings. The van der Waals surface area contributed by atoms with Crippen molar-refractivity contribution in [2.45, 2.75) is 0 Å². The van der Waals surface area contributed by atoms with Gasteiger partial charge < -0.3 is 23.9 Å². The number of ether oxygens (including phenoxy) is 1. The molecule has 0 atom stereocenters. The van der Waals surface area contributed by atoms with E-state index in [1.54, 1.807) is 6.20 Å². The number of hydrogen-bond donors (Lipinski definition) is 0. The quantitative estimate of drug-likeness (QED) is 0.674. The second kappa shape index (κ2) is 7.71. The van der Waals surface area contributed by atoms with Gasteiger partial charge in [-0.15, -0.1) is 0 Å². The highest BCUT2D eigenvalue weighted by molar-refractivity contribution is 5.94. The molecule has 2 saturated heterocycles. The number of anilines is 2. The minimum Gasteiger partial charge on any atom is -0.423 e. The zero-order valence-corrected chi connectivity index (χ0v) is 16.2. The fourth-order valence-corrected chi connectivity index (χ4v) is 3.77. The molecule has 0 unspecified atom stereocenters. The van der Waals surface area contributed by atoms with Crippen molar-refractivity contribution in [3.05, 3.63) is 48.2 Å². The van der Waals surface area contributed by atoms with Gasteiger partial charge in [0.2, 0.25) is 0 Å². The van der Waals surface area contributed by atoms with Crippen LogP contribution in [-0.4, -0.2) is 73.3 Å². The summed E-state index contributed by atoms with van der Waals surface area (Å²) in [6.07, 6.45) is 1.68. The molecule has 0 saturated carbocycles. The lowest BCUT2D eigenvalue weighted by molar-refractivity contribution is 0.0302. The molecule has 0 aliphatic carbocycles. The first-order chi connectivity index (χ1) is 14.3. The number of oxazole rings is 1. The van der Waals surface area contributed by atoms with Crippen molar-refractivity contribution < 1.29 is 13.9 Å². The molecule has 2 aliphatic heterocycles. The van der Waals surface area contributed by atoms with E-state index in [9.17, 15) is 4.79 Å². The molecule has 29 heavy (non-hydrogen) atoms. The van der Waals surface area contributed by atoms with Crippen molar-refractivity contribution >= 4 is 28.8 Å². The maximum Gasteiger partial charge on any atom is 0.298 e. The zero-order chi connectivity index (χ0) is 19.6. The number of carbonyl (C=O) groups is 1. The first-order valence-corrected chi connectivity index (χ1v) is 9.96. The van der Waals surface area contributed by atoms with Crippen LogP contribution in [0, 0.1) is 0 Å². The Morgan fingerprint density at radius 3 is 2.38 bits per heavy atom. The van der Waals surface area contributed by atoms with Crippen LogP contribution in [-0.2, 0) is 4.74 Å². The normalized spacial score (nSPS) is 17.7. The van der Waals surface area contributed by atoms with E-state index >= 15 is 0 Å². The molecule has 0 N–H and O–H groups in total. The van der Waals surface area contributed by atoms with Gasteiger partial charge in [0.1, 0.15) is 11.3 Å². The van der Waals surface area contributed by atoms with Crippen molar-refractivity contribution in [1.82, 2.24) is 14.9 Å². The van der Waals surface area contributed by atoms with E-state index in [0.29, 0.717) is 37.9 Å². The summed E-state index contributed by atoms with van der Waals surface area (Å²) in [5, 5.41) is 0. The number of rotatable bonds is 3. The standard InChI is InChI=1S/C21H23N5O3/c27-20(25-11-13-28-14-12-25)16-5-6-19(22-15-16)24-7-9-26(10-8-24)21-23-17-3-1-2-4-18(17)29-21/h1-6,15H,7-14H2. The topological polar surface area (TPSA) is 74.9 Å². The maximum atomic E-state index is 12.6. The lowest BCUT2D eigenvalue weighted by Crippen LogP contribution is -2.47. The van der Waals surface area contributed by atoms with Crippen LogP contribution in [0.1, 0.15) is 10.4 Å². The molecule has 150 valence electrons. The molecule has 0 bridgehead atoms. The van der Waals surface area contributed by atoms with Crippen LogP contribution < -0.4 is 9.80 Å². The van der Waals surface area contributed by atoms with Crippen LogP contribution in [0.2, 0.25) is 0 Å². The number of carbonyl (C=O) groups excluding carboxylic acids is 1. The highest BCUT2D eigenvalue weighted by Crippen LogP contribution is 2.23. The van der Waals surface area contributed by atoms with Gasteiger partial charge in [0, 0.05) is 45.5 Å². The van der Waals surface area contributed by atoms with Crippen molar-refractivity contribution in [3.8, 4) is 0 Å². The van der Waals surface area contributed by atoms with Gasteiger partial charge in [0.25, 0.3) is 11.9 Å². The molecule has 1 amide bonds. The van der Waals surface area contributed by atoms with Crippen molar-refractivity contribution in [3.63, 3.8) is 0 Å². The van der Waals surface area contributed by atoms with E-state index in [1.807, 2.05) is 41.3 Å². The summed E-state index contributed by atoms with van der Waals surface area (Å²) in [6, 6.07) is 12.3. The summed E-state index contributed by atoms with van der Waals surface area (Å²) >= 11 is 0. The van der Waals surface area contributed by atoms with Crippen LogP contribution in [0.15, 0.2) is 47.0 Å². The molecule has 2 aliphatic rings. The molecular formula is C21H23N5O3. The summed E-state index contributed by atoms with van der Waals surface area (Å²) in [6.45, 7) is 5.73. The van der Waals surface area contributed by atoms with E-state index in [4.69, 9.17) is 9.15 Å². The lowest BCUT2D eigenvalue weighted by atomic mass is 10.2. The van der Waals surface area contributed by atoms with Gasteiger partial charge in [-0.2, -0.15) is 4.98 Å². The third-order valence-electron chi connectivity index (χ3n) is 5.45. The second-order valence-corrected chi connectivity index (χ2v) is 7.25. The van der Waals surface area contributed by atoms with E-state index in [1.165, 1.54) is 0 Å². The summed E-state index contributed by atoms with van der Waals surface area (Å²) < 4.78 is 11.2. The number of fused-ring (bicyclic) bond motifs is 1. The Labute approximate surface area is 168 Å². The number of benzene rings is 1. The number of piperazine rings is 1. The summed E-state index contributed by atoms with van der Waals surface area (Å²) in [7, 11) is 0. The Hall–Kier alpha value is -3.13. The highest BCUT2D eigenvalue weighted by atomic mass is 16.5. The van der Waals surface area contributed by atoms with Gasteiger partial charge in [-0.1, -0.05) is 12.1 Å². The van der Waals surface area contributed by atoms with Crippen molar-refractivity contribution in [2.75, 3.05) is 62.3 Å². The predicted octanol–water partition coefficient (Wildman–Crippen LogP) is 2.02. The van der Waals surface area contributed by atoms with Gasteiger partial charge in [-0.25, -0.2) is 4.98 Å². The predicted molar refractivity (Wildman–Crippen MR) is 109 cm³/mol. The second-order valence-electron chi connectivity index (χ2n) is 7.25. The van der Waals surface area contributed by atoms with Gasteiger partial charge >= 0.3 is 0 Å². The number of hydrogen-bond acceptors (Lipinski definition) is 7. The van der Waals surface area contributed by atoms with E-state index in [2.05, 4.69) is 19.8 Å². The Kier molecular flexibility index (Phi) is 4.77. The average molecular weight is 393 g/mol. The molecule has 2 fully saturated rings. The number of aromatic nitrogens is 2. The van der Waals surface area contributed by atoms with Gasteiger partial charge in [-0.05, 0) is 24.3 Å². The largest absolute Gasteiger partial charge is 0.423 e. The van der Waals surface area contributed by atoms with Crippen LogP contribution in [0.5, 0.6) is 0 Å². The van der Waals surface area contributed by atoms with Crippen LogP contribution >= 0.6 is 0 Å². The summed E-state index contributed by atoms with van der Waals surface area (Å²) in [4.78, 5) is 27.9. The first kappa shape index (κ1) is 17.9. The number of morpholine rings is 1. The number of para-hydroxylation sites is 2. The Bertz CT molecular complexity index is 956. The minimum atomic E-state index is 0.0214. The molecule has 4 heterocycles. The van der Waals surface area contributed by atoms with Crippen LogP contribution in [0.3, 0.4) is 0 Å². The number of amides is 1. The van der Waals surface area contributed by atoms with E-state index in [-0.39, 0.29) is 5.91 Å². The first-order valence-electron chi connectivity index (χ1n) is 9.96. The third-order valence-corrected chi connectivity index (χ3v) is 5.45. The third kappa shape index (κ3) is 3.63. The van der Waals surface area contributed by atoms with Crippen molar-refractivity contribution in [1.29, 1.82) is 0 Å². The van der Waals surface area contributed by atoms with Gasteiger partial charge in [-0.3, -0.25) is 4.79 Å². The SMILES string of the molecule is O=C(c1ccc(N2CCN(c3nc4ccccc4o3)CC2)nc1)N1CCOCC1. The van der Waals surface area contributed by atoms with Crippen LogP contribution in [0.25, 0.3) is 11.1 Å². The van der Waals surface area contributed by atoms with Crippen LogP contribution in [0.4, 0.5) is 11.8 Å². The van der Waals surface area contributed by atoms with E-state index in [0.717, 1.165) is 43.1 Å². The smallest absolute Gasteiger partial charge is 0.298 e. The molecule has 0 radical (unpaired) electrons. The number of pyridine rings is 1. The lowest BCUT2D eigenvalue weighted by Gasteiger charge is -2.34. The minimum absolute atomic E-state index is 0.0214. The molecular weight excluding hydrogens is 370 g/mol. The molecule has 8 heteroatoms.